The summed E-state index contributed by atoms with van der Waals surface area (Å²) >= 11 is 1.58. The maximum absolute atomic E-state index is 5.72. The number of nitrogens with zero attached hydrogens (tertiary/aromatic N) is 2. The van der Waals surface area contributed by atoms with E-state index in [-0.39, 0.29) is 0 Å². The van der Waals surface area contributed by atoms with E-state index in [0.29, 0.717) is 23.1 Å². The van der Waals surface area contributed by atoms with Crippen LogP contribution in [0.2, 0.25) is 0 Å². The van der Waals surface area contributed by atoms with E-state index in [1.807, 2.05) is 12.1 Å². The van der Waals surface area contributed by atoms with Gasteiger partial charge in [0.15, 0.2) is 0 Å². The van der Waals surface area contributed by atoms with Crippen LogP contribution in [0.1, 0.15) is 38.2 Å². The quantitative estimate of drug-likeness (QED) is 0.777. The average molecular weight is 304 g/mol. The summed E-state index contributed by atoms with van der Waals surface area (Å²) in [4.78, 5) is 0. The van der Waals surface area contributed by atoms with Crippen molar-refractivity contribution in [2.75, 3.05) is 12.4 Å². The Morgan fingerprint density at radius 2 is 2.05 bits per heavy atom. The zero-order chi connectivity index (χ0) is 14.7. The van der Waals surface area contributed by atoms with E-state index in [1.165, 1.54) is 5.56 Å². The molecule has 4 nitrogen and oxygen atoms in total. The highest BCUT2D eigenvalue weighted by atomic mass is 32.2. The van der Waals surface area contributed by atoms with Gasteiger partial charge in [0.1, 0.15) is 0 Å². The molecular formula is C16H20N2O2S. The molecule has 0 unspecified atom stereocenters. The van der Waals surface area contributed by atoms with Gasteiger partial charge in [0.25, 0.3) is 5.22 Å². The molecule has 0 radical (unpaired) electrons. The van der Waals surface area contributed by atoms with Crippen molar-refractivity contribution in [1.29, 1.82) is 0 Å². The van der Waals surface area contributed by atoms with E-state index >= 15 is 0 Å². The first-order valence-electron chi connectivity index (χ1n) is 7.40. The largest absolute Gasteiger partial charge is 0.411 e. The van der Waals surface area contributed by atoms with Crippen molar-refractivity contribution in [2.24, 2.45) is 0 Å². The van der Waals surface area contributed by atoms with Gasteiger partial charge in [-0.1, -0.05) is 37.7 Å². The fourth-order valence-electron chi connectivity index (χ4n) is 2.34. The van der Waals surface area contributed by atoms with Crippen molar-refractivity contribution >= 4 is 11.8 Å². The van der Waals surface area contributed by atoms with Crippen molar-refractivity contribution < 1.29 is 9.15 Å². The fourth-order valence-corrected chi connectivity index (χ4v) is 3.16. The lowest BCUT2D eigenvalue weighted by Crippen LogP contribution is -2.07. The summed E-state index contributed by atoms with van der Waals surface area (Å²) in [6, 6.07) is 8.31. The first kappa shape index (κ1) is 14.6. The summed E-state index contributed by atoms with van der Waals surface area (Å²) in [6.07, 6.45) is 2.61. The lowest BCUT2D eigenvalue weighted by atomic mass is 10.0. The van der Waals surface area contributed by atoms with Crippen LogP contribution in [0.4, 0.5) is 0 Å². The summed E-state index contributed by atoms with van der Waals surface area (Å²) in [5.41, 5.74) is 2.28. The molecule has 112 valence electrons. The molecule has 2 aromatic rings. The smallest absolute Gasteiger partial charge is 0.276 e. The molecular weight excluding hydrogens is 284 g/mol. The number of rotatable bonds is 5. The van der Waals surface area contributed by atoms with Crippen molar-refractivity contribution in [3.05, 3.63) is 29.8 Å². The molecule has 1 aliphatic rings. The van der Waals surface area contributed by atoms with Crippen LogP contribution >= 0.6 is 11.8 Å². The third kappa shape index (κ3) is 3.66. The summed E-state index contributed by atoms with van der Waals surface area (Å²) in [7, 11) is 0. The molecule has 2 heterocycles. The highest BCUT2D eigenvalue weighted by molar-refractivity contribution is 7.99. The van der Waals surface area contributed by atoms with Gasteiger partial charge in [-0.15, -0.1) is 10.2 Å². The minimum Gasteiger partial charge on any atom is -0.411 e. The van der Waals surface area contributed by atoms with Gasteiger partial charge >= 0.3 is 0 Å². The summed E-state index contributed by atoms with van der Waals surface area (Å²) < 4.78 is 11.3. The molecule has 1 aliphatic heterocycles. The number of hydrogen-bond acceptors (Lipinski definition) is 5. The highest BCUT2D eigenvalue weighted by Crippen LogP contribution is 2.27. The second kappa shape index (κ2) is 6.62. The van der Waals surface area contributed by atoms with Crippen molar-refractivity contribution in [3.8, 4) is 11.5 Å². The number of aromatic nitrogens is 2. The second-order valence-electron chi connectivity index (χ2n) is 5.60. The van der Waals surface area contributed by atoms with Gasteiger partial charge < -0.3 is 9.15 Å². The first-order valence-corrected chi connectivity index (χ1v) is 8.39. The molecule has 1 fully saturated rings. The molecule has 1 atom stereocenters. The summed E-state index contributed by atoms with van der Waals surface area (Å²) in [5, 5.41) is 8.85. The SMILES string of the molecule is CC(C)c1ccc(-c2nnc(SC[C@H]3CCCO3)o2)cc1. The van der Waals surface area contributed by atoms with E-state index in [1.54, 1.807) is 11.8 Å². The maximum atomic E-state index is 5.72. The number of ether oxygens (including phenoxy) is 1. The average Bonchev–Trinajstić information content (AvgIpc) is 3.17. The molecule has 5 heteroatoms. The van der Waals surface area contributed by atoms with Crippen LogP contribution in [0.5, 0.6) is 0 Å². The van der Waals surface area contributed by atoms with Crippen LogP contribution in [0.25, 0.3) is 11.5 Å². The molecule has 3 rings (SSSR count). The van der Waals surface area contributed by atoms with Crippen molar-refractivity contribution in [2.45, 2.75) is 43.9 Å². The van der Waals surface area contributed by atoms with E-state index in [0.717, 1.165) is 30.8 Å². The van der Waals surface area contributed by atoms with Crippen molar-refractivity contribution in [3.63, 3.8) is 0 Å². The Kier molecular flexibility index (Phi) is 4.60. The van der Waals surface area contributed by atoms with Gasteiger partial charge in [0.2, 0.25) is 5.89 Å². The summed E-state index contributed by atoms with van der Waals surface area (Å²) in [6.45, 7) is 5.24. The molecule has 0 spiro atoms. The second-order valence-corrected chi connectivity index (χ2v) is 6.57. The van der Waals surface area contributed by atoms with Crippen LogP contribution in [0.15, 0.2) is 33.9 Å². The molecule has 0 saturated carbocycles. The first-order chi connectivity index (χ1) is 10.2. The Bertz CT molecular complexity index is 574. The Balaban J connectivity index is 1.63. The van der Waals surface area contributed by atoms with Crippen LogP contribution in [0, 0.1) is 0 Å². The highest BCUT2D eigenvalue weighted by Gasteiger charge is 2.17. The standard InChI is InChI=1S/C16H20N2O2S/c1-11(2)12-5-7-13(8-6-12)15-17-18-16(20-15)21-10-14-4-3-9-19-14/h5-8,11,14H,3-4,9-10H2,1-2H3/t14-/m1/s1. The van der Waals surface area contributed by atoms with Gasteiger partial charge in [-0.2, -0.15) is 0 Å². The van der Waals surface area contributed by atoms with Crippen LogP contribution < -0.4 is 0 Å². The van der Waals surface area contributed by atoms with Gasteiger partial charge in [0, 0.05) is 17.9 Å². The molecule has 0 aliphatic carbocycles. The molecule has 0 bridgehead atoms. The predicted octanol–water partition coefficient (Wildman–Crippen LogP) is 4.13. The molecule has 1 aromatic carbocycles. The van der Waals surface area contributed by atoms with E-state index in [9.17, 15) is 0 Å². The molecule has 0 amide bonds. The van der Waals surface area contributed by atoms with Gasteiger partial charge in [-0.25, -0.2) is 0 Å². The molecule has 1 aromatic heterocycles. The molecule has 0 N–H and O–H groups in total. The third-order valence-corrected chi connectivity index (χ3v) is 4.60. The lowest BCUT2D eigenvalue weighted by molar-refractivity contribution is 0.128. The Morgan fingerprint density at radius 1 is 1.24 bits per heavy atom. The number of hydrogen-bond donors (Lipinski definition) is 0. The minimum atomic E-state index is 0.329. The normalized spacial score (nSPS) is 18.5. The minimum absolute atomic E-state index is 0.329. The van der Waals surface area contributed by atoms with E-state index in [2.05, 4.69) is 36.2 Å². The van der Waals surface area contributed by atoms with Gasteiger partial charge in [0.05, 0.1) is 6.10 Å². The zero-order valence-electron chi connectivity index (χ0n) is 12.4. The predicted molar refractivity (Wildman–Crippen MR) is 83.5 cm³/mol. The van der Waals surface area contributed by atoms with Crippen LogP contribution in [-0.2, 0) is 4.74 Å². The van der Waals surface area contributed by atoms with E-state index < -0.39 is 0 Å². The van der Waals surface area contributed by atoms with Crippen LogP contribution in [-0.4, -0.2) is 28.7 Å². The Hall–Kier alpha value is -1.33. The topological polar surface area (TPSA) is 48.2 Å². The zero-order valence-corrected chi connectivity index (χ0v) is 13.2. The third-order valence-electron chi connectivity index (χ3n) is 3.65. The van der Waals surface area contributed by atoms with Gasteiger partial charge in [-0.3, -0.25) is 0 Å². The van der Waals surface area contributed by atoms with Gasteiger partial charge in [-0.05, 0) is 36.5 Å². The molecule has 1 saturated heterocycles. The fraction of sp³-hybridized carbons (Fsp3) is 0.500. The monoisotopic (exact) mass is 304 g/mol. The number of thioether (sulfide) groups is 1. The summed E-state index contributed by atoms with van der Waals surface area (Å²) in [5.74, 6) is 1.99. The van der Waals surface area contributed by atoms with E-state index in [4.69, 9.17) is 9.15 Å². The maximum Gasteiger partial charge on any atom is 0.276 e. The Morgan fingerprint density at radius 3 is 2.71 bits per heavy atom. The molecule has 21 heavy (non-hydrogen) atoms. The Labute approximate surface area is 129 Å². The lowest BCUT2D eigenvalue weighted by Gasteiger charge is -2.05. The van der Waals surface area contributed by atoms with Crippen LogP contribution in [0.3, 0.4) is 0 Å². The number of benzene rings is 1. The van der Waals surface area contributed by atoms with Crippen molar-refractivity contribution in [1.82, 2.24) is 10.2 Å².